The number of aromatic nitrogens is 3. The Hall–Kier alpha value is -3.79. The van der Waals surface area contributed by atoms with E-state index in [1.807, 2.05) is 39.0 Å². The number of hydrogen-bond donors (Lipinski definition) is 5. The van der Waals surface area contributed by atoms with Gasteiger partial charge in [0.25, 0.3) is 5.91 Å². The number of H-pyrrole nitrogens is 1. The van der Waals surface area contributed by atoms with E-state index in [4.69, 9.17) is 10.7 Å². The highest BCUT2D eigenvalue weighted by Gasteiger charge is 2.22. The first-order valence-electron chi connectivity index (χ1n) is 12.3. The third-order valence-corrected chi connectivity index (χ3v) is 6.69. The van der Waals surface area contributed by atoms with Crippen molar-refractivity contribution in [2.45, 2.75) is 47.2 Å². The number of phenolic OH excluding ortho intramolecular Hbond substituents is 1. The van der Waals surface area contributed by atoms with Crippen LogP contribution in [0.2, 0.25) is 0 Å². The van der Waals surface area contributed by atoms with E-state index in [0.29, 0.717) is 24.2 Å². The second-order valence-electron chi connectivity index (χ2n) is 9.72. The van der Waals surface area contributed by atoms with Gasteiger partial charge in [0, 0.05) is 38.8 Å². The predicted octanol–water partition coefficient (Wildman–Crippen LogP) is 3.42. The molecular formula is C26H36N8O2. The summed E-state index contributed by atoms with van der Waals surface area (Å²) < 4.78 is 0. The van der Waals surface area contributed by atoms with Crippen LogP contribution in [0.1, 0.15) is 46.5 Å². The smallest absolute Gasteiger partial charge is 0.256 e. The number of aromatic hydroxyl groups is 1. The molecule has 6 N–H and O–H groups in total. The van der Waals surface area contributed by atoms with E-state index < -0.39 is 5.91 Å². The number of hydrogen-bond acceptors (Lipinski definition) is 8. The molecule has 3 heterocycles. The van der Waals surface area contributed by atoms with Crippen molar-refractivity contribution in [1.82, 2.24) is 20.1 Å². The van der Waals surface area contributed by atoms with Crippen molar-refractivity contribution in [2.75, 3.05) is 41.7 Å². The molecule has 0 radical (unpaired) electrons. The first-order chi connectivity index (χ1) is 17.1. The monoisotopic (exact) mass is 492 g/mol. The molecule has 1 aliphatic rings. The van der Waals surface area contributed by atoms with Crippen molar-refractivity contribution in [2.24, 2.45) is 5.73 Å². The fourth-order valence-electron chi connectivity index (χ4n) is 4.69. The van der Waals surface area contributed by atoms with Gasteiger partial charge in [-0.15, -0.1) is 0 Å². The molecule has 0 spiro atoms. The first kappa shape index (κ1) is 25.3. The molecule has 192 valence electrons. The van der Waals surface area contributed by atoms with Crippen LogP contribution in [0.5, 0.6) is 5.75 Å². The summed E-state index contributed by atoms with van der Waals surface area (Å²) in [5.41, 5.74) is 10.3. The minimum Gasteiger partial charge on any atom is -0.507 e. The number of amides is 1. The molecule has 0 saturated carbocycles. The van der Waals surface area contributed by atoms with Crippen LogP contribution in [0.15, 0.2) is 24.4 Å². The fraction of sp³-hybridized carbons (Fsp3) is 0.423. The van der Waals surface area contributed by atoms with Gasteiger partial charge in [-0.05, 0) is 62.9 Å². The zero-order valence-corrected chi connectivity index (χ0v) is 21.6. The zero-order valence-electron chi connectivity index (χ0n) is 21.6. The van der Waals surface area contributed by atoms with E-state index in [1.165, 1.54) is 0 Å². The van der Waals surface area contributed by atoms with Gasteiger partial charge in [0.15, 0.2) is 5.82 Å². The summed E-state index contributed by atoms with van der Waals surface area (Å²) in [6.07, 6.45) is 1.76. The maximum atomic E-state index is 12.3. The van der Waals surface area contributed by atoms with E-state index in [-0.39, 0.29) is 11.3 Å². The van der Waals surface area contributed by atoms with Gasteiger partial charge >= 0.3 is 0 Å². The quantitative estimate of drug-likeness (QED) is 0.323. The van der Waals surface area contributed by atoms with E-state index >= 15 is 0 Å². The number of nitrogens with one attached hydrogen (secondary N) is 3. The van der Waals surface area contributed by atoms with Crippen LogP contribution in [0.3, 0.4) is 0 Å². The Morgan fingerprint density at radius 1 is 1.11 bits per heavy atom. The minimum atomic E-state index is -0.601. The molecule has 1 fully saturated rings. The summed E-state index contributed by atoms with van der Waals surface area (Å²) in [6, 6.07) is 6.35. The second-order valence-corrected chi connectivity index (χ2v) is 9.72. The molecule has 2 aromatic heterocycles. The second kappa shape index (κ2) is 10.4. The molecule has 4 rings (SSSR count). The molecule has 0 unspecified atom stereocenters. The van der Waals surface area contributed by atoms with Crippen molar-refractivity contribution in [3.63, 3.8) is 0 Å². The third kappa shape index (κ3) is 5.38. The highest BCUT2D eigenvalue weighted by atomic mass is 16.3. The van der Waals surface area contributed by atoms with Gasteiger partial charge in [-0.25, -0.2) is 4.98 Å². The molecular weight excluding hydrogens is 456 g/mol. The normalized spacial score (nSPS) is 14.3. The maximum Gasteiger partial charge on any atom is 0.256 e. The lowest BCUT2D eigenvalue weighted by Crippen LogP contribution is -2.49. The number of benzene rings is 1. The topological polar surface area (TPSA) is 135 Å². The molecule has 1 aliphatic heterocycles. The van der Waals surface area contributed by atoms with Crippen LogP contribution in [-0.2, 0) is 6.54 Å². The molecule has 0 atom stereocenters. The van der Waals surface area contributed by atoms with Crippen molar-refractivity contribution < 1.29 is 9.90 Å². The van der Waals surface area contributed by atoms with Crippen LogP contribution >= 0.6 is 0 Å². The number of primary amides is 1. The number of pyridine rings is 1. The number of aryl methyl sites for hydroxylation is 3. The van der Waals surface area contributed by atoms with Crippen molar-refractivity contribution >= 4 is 29.0 Å². The average molecular weight is 493 g/mol. The number of anilines is 4. The lowest BCUT2D eigenvalue weighted by atomic mass is 10.1. The number of piperazine rings is 1. The molecule has 36 heavy (non-hydrogen) atoms. The molecule has 10 heteroatoms. The molecule has 1 aromatic carbocycles. The Labute approximate surface area is 211 Å². The van der Waals surface area contributed by atoms with Gasteiger partial charge in [-0.1, -0.05) is 12.1 Å². The summed E-state index contributed by atoms with van der Waals surface area (Å²) in [6.45, 7) is 14.6. The number of carbonyl (C=O) groups excluding carboxylic acids is 1. The average Bonchev–Trinajstić information content (AvgIpc) is 3.24. The van der Waals surface area contributed by atoms with Crippen LogP contribution in [-0.4, -0.2) is 63.3 Å². The lowest BCUT2D eigenvalue weighted by Gasteiger charge is -2.38. The first-order valence-corrected chi connectivity index (χ1v) is 12.3. The largest absolute Gasteiger partial charge is 0.507 e. The van der Waals surface area contributed by atoms with Gasteiger partial charge in [0.05, 0.1) is 11.9 Å². The van der Waals surface area contributed by atoms with E-state index in [0.717, 1.165) is 59.9 Å². The summed E-state index contributed by atoms with van der Waals surface area (Å²) in [5.74, 6) is 1.43. The molecule has 1 amide bonds. The molecule has 3 aromatic rings. The predicted molar refractivity (Wildman–Crippen MR) is 143 cm³/mol. The number of rotatable bonds is 8. The molecule has 1 saturated heterocycles. The van der Waals surface area contributed by atoms with Gasteiger partial charge < -0.3 is 26.4 Å². The molecule has 0 bridgehead atoms. The number of nitrogens with zero attached hydrogens (tertiary/aromatic N) is 4. The Morgan fingerprint density at radius 2 is 1.78 bits per heavy atom. The van der Waals surface area contributed by atoms with Crippen LogP contribution in [0, 0.1) is 20.8 Å². The van der Waals surface area contributed by atoms with Gasteiger partial charge in [-0.3, -0.25) is 14.8 Å². The summed E-state index contributed by atoms with van der Waals surface area (Å²) >= 11 is 0. The highest BCUT2D eigenvalue weighted by Crippen LogP contribution is 2.28. The van der Waals surface area contributed by atoms with Gasteiger partial charge in [0.2, 0.25) is 0 Å². The summed E-state index contributed by atoms with van der Waals surface area (Å²) in [4.78, 5) is 21.8. The van der Waals surface area contributed by atoms with Crippen molar-refractivity contribution in [1.29, 1.82) is 0 Å². The Kier molecular flexibility index (Phi) is 7.35. The Bertz CT molecular complexity index is 1220. The Morgan fingerprint density at radius 3 is 2.36 bits per heavy atom. The number of nitrogens with two attached hydrogens (primary N) is 1. The van der Waals surface area contributed by atoms with Gasteiger partial charge in [-0.2, -0.15) is 5.10 Å². The molecule has 10 nitrogen and oxygen atoms in total. The maximum absolute atomic E-state index is 12.3. The fourth-order valence-corrected chi connectivity index (χ4v) is 4.69. The van der Waals surface area contributed by atoms with Crippen LogP contribution in [0.25, 0.3) is 0 Å². The number of aromatic amines is 1. The van der Waals surface area contributed by atoms with E-state index in [1.54, 1.807) is 6.20 Å². The summed E-state index contributed by atoms with van der Waals surface area (Å²) in [5, 5.41) is 23.5. The molecule has 0 aliphatic carbocycles. The van der Waals surface area contributed by atoms with Crippen LogP contribution in [0.4, 0.5) is 23.1 Å². The Balaban J connectivity index is 1.47. The standard InChI is InChI=1S/C26H36N8O2/c1-15(2)33-6-8-34(9-7-33)26-18(5)12-20(14-29-26)30-25-21(23(27)36)24(31-32-25)28-13-19-10-16(3)22(35)17(4)11-19/h10-12,14-15,35H,6-9,13H2,1-5H3,(H2,27,36)(H3,28,30,31,32). The number of phenols is 1. The zero-order chi connectivity index (χ0) is 26.0. The summed E-state index contributed by atoms with van der Waals surface area (Å²) in [7, 11) is 0. The van der Waals surface area contributed by atoms with Crippen molar-refractivity contribution in [3.8, 4) is 5.75 Å². The SMILES string of the molecule is Cc1cc(Nc2n[nH]c(NCc3cc(C)c(O)c(C)c3)c2C(N)=O)cnc1N1CCN(C(C)C)CC1. The minimum absolute atomic E-state index is 0.244. The van der Waals surface area contributed by atoms with E-state index in [9.17, 15) is 9.90 Å². The van der Waals surface area contributed by atoms with E-state index in [2.05, 4.69) is 44.5 Å². The third-order valence-electron chi connectivity index (χ3n) is 6.69. The van der Waals surface area contributed by atoms with Crippen LogP contribution < -0.4 is 21.3 Å². The lowest BCUT2D eigenvalue weighted by molar-refractivity contribution is 0.100. The highest BCUT2D eigenvalue weighted by molar-refractivity contribution is 6.03. The van der Waals surface area contributed by atoms with Crippen molar-refractivity contribution in [3.05, 3.63) is 52.2 Å². The number of carbonyl (C=O) groups is 1. The van der Waals surface area contributed by atoms with Gasteiger partial charge in [0.1, 0.15) is 22.9 Å².